The molecule has 1 spiro atoms. The average Bonchev–Trinajstić information content (AvgIpc) is 2.93. The third-order valence-corrected chi connectivity index (χ3v) is 5.55. The van der Waals surface area contributed by atoms with Gasteiger partial charge in [0.2, 0.25) is 0 Å². The van der Waals surface area contributed by atoms with Crippen molar-refractivity contribution in [1.82, 2.24) is 4.90 Å². The summed E-state index contributed by atoms with van der Waals surface area (Å²) >= 11 is 0. The Balaban J connectivity index is 1.54. The lowest BCUT2D eigenvalue weighted by molar-refractivity contribution is -0.243. The summed E-state index contributed by atoms with van der Waals surface area (Å²) in [6.45, 7) is 9.45. The quantitative estimate of drug-likeness (QED) is 0.890. The van der Waals surface area contributed by atoms with Gasteiger partial charge in [0.25, 0.3) is 0 Å². The Labute approximate surface area is 155 Å². The van der Waals surface area contributed by atoms with E-state index in [1.165, 1.54) is 0 Å². The number of rotatable bonds is 3. The maximum Gasteiger partial charge on any atom is 0.411 e. The summed E-state index contributed by atoms with van der Waals surface area (Å²) in [5.41, 5.74) is 0.626. The number of anilines is 1. The Morgan fingerprint density at radius 3 is 2.42 bits per heavy atom. The van der Waals surface area contributed by atoms with Gasteiger partial charge in [-0.25, -0.2) is 4.79 Å². The molecular weight excluding hydrogens is 332 g/mol. The molecule has 0 aliphatic carbocycles. The first-order chi connectivity index (χ1) is 12.1. The van der Waals surface area contributed by atoms with Crippen LogP contribution < -0.4 is 5.32 Å². The Bertz CT molecular complexity index is 626. The Morgan fingerprint density at radius 1 is 1.19 bits per heavy atom. The lowest BCUT2D eigenvalue weighted by atomic mass is 9.76. The number of nitrogens with zero attached hydrogens (tertiary/aromatic N) is 1. The first-order valence-corrected chi connectivity index (χ1v) is 9.17. The third-order valence-electron chi connectivity index (χ3n) is 5.55. The van der Waals surface area contributed by atoms with Crippen molar-refractivity contribution in [3.63, 3.8) is 0 Å². The predicted molar refractivity (Wildman–Crippen MR) is 100 cm³/mol. The highest BCUT2D eigenvalue weighted by atomic mass is 16.8. The van der Waals surface area contributed by atoms with E-state index in [1.807, 2.05) is 30.3 Å². The topological polar surface area (TPSA) is 60.0 Å². The van der Waals surface area contributed by atoms with Crippen molar-refractivity contribution < 1.29 is 19.0 Å². The largest absolute Gasteiger partial charge is 0.446 e. The predicted octanol–water partition coefficient (Wildman–Crippen LogP) is 3.63. The molecular formula is C20H30N2O4. The average molecular weight is 362 g/mol. The van der Waals surface area contributed by atoms with Gasteiger partial charge in [-0.3, -0.25) is 10.2 Å². The van der Waals surface area contributed by atoms with E-state index >= 15 is 0 Å². The van der Waals surface area contributed by atoms with E-state index in [9.17, 15) is 4.79 Å². The molecule has 1 aromatic rings. The van der Waals surface area contributed by atoms with E-state index in [2.05, 4.69) is 45.0 Å². The van der Waals surface area contributed by atoms with Crippen molar-refractivity contribution in [3.05, 3.63) is 30.3 Å². The Morgan fingerprint density at radius 2 is 1.81 bits per heavy atom. The number of likely N-dealkylation sites (tertiary alicyclic amines) is 1. The highest BCUT2D eigenvalue weighted by Crippen LogP contribution is 2.47. The zero-order valence-corrected chi connectivity index (χ0v) is 16.4. The molecule has 1 atom stereocenters. The molecule has 2 aliphatic rings. The SMILES string of the molecule is CN1C(C)(C)CC2(CC1(C)C)OCC(COC(=O)Nc1ccccc1)O2. The van der Waals surface area contributed by atoms with Crippen LogP contribution in [0.5, 0.6) is 0 Å². The normalized spacial score (nSPS) is 26.6. The molecule has 0 bridgehead atoms. The van der Waals surface area contributed by atoms with Crippen LogP contribution in [0.3, 0.4) is 0 Å². The summed E-state index contributed by atoms with van der Waals surface area (Å²) in [4.78, 5) is 14.3. The second-order valence-corrected chi connectivity index (χ2v) is 8.59. The summed E-state index contributed by atoms with van der Waals surface area (Å²) in [5.74, 6) is -0.608. The van der Waals surface area contributed by atoms with Gasteiger partial charge in [-0.1, -0.05) is 18.2 Å². The van der Waals surface area contributed by atoms with Crippen LogP contribution in [-0.2, 0) is 14.2 Å². The fourth-order valence-corrected chi connectivity index (χ4v) is 4.17. The summed E-state index contributed by atoms with van der Waals surface area (Å²) in [7, 11) is 2.15. The minimum Gasteiger partial charge on any atom is -0.446 e. The molecule has 2 heterocycles. The van der Waals surface area contributed by atoms with Crippen molar-refractivity contribution >= 4 is 11.8 Å². The van der Waals surface area contributed by atoms with E-state index in [0.717, 1.165) is 12.8 Å². The van der Waals surface area contributed by atoms with Crippen LogP contribution in [-0.4, -0.2) is 54.2 Å². The molecule has 1 aromatic carbocycles. The summed E-state index contributed by atoms with van der Waals surface area (Å²) < 4.78 is 17.7. The summed E-state index contributed by atoms with van der Waals surface area (Å²) in [5, 5.41) is 2.70. The molecule has 144 valence electrons. The highest BCUT2D eigenvalue weighted by molar-refractivity contribution is 5.84. The second kappa shape index (κ2) is 6.83. The van der Waals surface area contributed by atoms with Gasteiger partial charge in [-0.15, -0.1) is 0 Å². The number of amides is 1. The number of ether oxygens (including phenoxy) is 3. The van der Waals surface area contributed by atoms with Gasteiger partial charge in [-0.05, 0) is 46.9 Å². The van der Waals surface area contributed by atoms with Gasteiger partial charge in [-0.2, -0.15) is 0 Å². The molecule has 26 heavy (non-hydrogen) atoms. The lowest BCUT2D eigenvalue weighted by Crippen LogP contribution is -2.64. The van der Waals surface area contributed by atoms with E-state index in [0.29, 0.717) is 12.3 Å². The van der Waals surface area contributed by atoms with E-state index < -0.39 is 11.9 Å². The molecule has 2 aliphatic heterocycles. The van der Waals surface area contributed by atoms with Gasteiger partial charge in [0.15, 0.2) is 5.79 Å². The molecule has 6 nitrogen and oxygen atoms in total. The van der Waals surface area contributed by atoms with Crippen molar-refractivity contribution in [1.29, 1.82) is 0 Å². The lowest BCUT2D eigenvalue weighted by Gasteiger charge is -2.56. The zero-order chi connectivity index (χ0) is 19.0. The van der Waals surface area contributed by atoms with Gasteiger partial charge in [0.05, 0.1) is 6.61 Å². The fourth-order valence-electron chi connectivity index (χ4n) is 4.17. The van der Waals surface area contributed by atoms with Crippen molar-refractivity contribution in [2.45, 2.75) is 63.5 Å². The second-order valence-electron chi connectivity index (χ2n) is 8.59. The summed E-state index contributed by atoms with van der Waals surface area (Å²) in [6.07, 6.45) is 0.843. The number of nitrogens with one attached hydrogen (secondary N) is 1. The molecule has 1 amide bonds. The van der Waals surface area contributed by atoms with E-state index in [1.54, 1.807) is 0 Å². The number of carbonyl (C=O) groups excluding carboxylic acids is 1. The van der Waals surface area contributed by atoms with Crippen LogP contribution in [0.4, 0.5) is 10.5 Å². The first-order valence-electron chi connectivity index (χ1n) is 9.17. The van der Waals surface area contributed by atoms with Crippen LogP contribution in [0, 0.1) is 0 Å². The molecule has 0 saturated carbocycles. The number of benzene rings is 1. The van der Waals surface area contributed by atoms with Gasteiger partial charge >= 0.3 is 6.09 Å². The molecule has 2 saturated heterocycles. The van der Waals surface area contributed by atoms with Gasteiger partial charge in [0.1, 0.15) is 12.7 Å². The number of para-hydroxylation sites is 1. The monoisotopic (exact) mass is 362 g/mol. The van der Waals surface area contributed by atoms with Gasteiger partial charge in [0, 0.05) is 29.6 Å². The summed E-state index contributed by atoms with van der Waals surface area (Å²) in [6, 6.07) is 9.24. The standard InChI is InChI=1S/C20H30N2O4/c1-18(2)13-20(14-19(3,4)22(18)5)25-12-16(26-20)11-24-17(23)21-15-9-7-6-8-10-15/h6-10,16H,11-14H2,1-5H3,(H,21,23). The van der Waals surface area contributed by atoms with Crippen molar-refractivity contribution in [3.8, 4) is 0 Å². The minimum absolute atomic E-state index is 0.0395. The smallest absolute Gasteiger partial charge is 0.411 e. The Hall–Kier alpha value is -1.63. The number of piperidine rings is 1. The highest BCUT2D eigenvalue weighted by Gasteiger charge is 2.55. The molecule has 0 radical (unpaired) electrons. The van der Waals surface area contributed by atoms with Crippen molar-refractivity contribution in [2.24, 2.45) is 0 Å². The van der Waals surface area contributed by atoms with Crippen LogP contribution in [0.25, 0.3) is 0 Å². The zero-order valence-electron chi connectivity index (χ0n) is 16.4. The molecule has 1 unspecified atom stereocenters. The molecule has 2 fully saturated rings. The number of hydrogen-bond acceptors (Lipinski definition) is 5. The van der Waals surface area contributed by atoms with Crippen LogP contribution >= 0.6 is 0 Å². The van der Waals surface area contributed by atoms with Gasteiger partial charge < -0.3 is 14.2 Å². The molecule has 6 heteroatoms. The fraction of sp³-hybridized carbons (Fsp3) is 0.650. The first kappa shape index (κ1) is 19.1. The third kappa shape index (κ3) is 4.03. The van der Waals surface area contributed by atoms with Crippen LogP contribution in [0.1, 0.15) is 40.5 Å². The Kier molecular flexibility index (Phi) is 5.03. The van der Waals surface area contributed by atoms with E-state index in [4.69, 9.17) is 14.2 Å². The number of carbonyl (C=O) groups is 1. The van der Waals surface area contributed by atoms with Crippen LogP contribution in [0.2, 0.25) is 0 Å². The molecule has 0 aromatic heterocycles. The van der Waals surface area contributed by atoms with E-state index in [-0.39, 0.29) is 23.8 Å². The maximum absolute atomic E-state index is 11.9. The number of hydrogen-bond donors (Lipinski definition) is 1. The van der Waals surface area contributed by atoms with Crippen LogP contribution in [0.15, 0.2) is 30.3 Å². The molecule has 3 rings (SSSR count). The molecule has 1 N–H and O–H groups in total. The minimum atomic E-state index is -0.608. The van der Waals surface area contributed by atoms with Crippen molar-refractivity contribution in [2.75, 3.05) is 25.6 Å². The maximum atomic E-state index is 11.9.